The molecule has 0 saturated heterocycles. The number of fused-ring (bicyclic) bond motifs is 3. The number of benzene rings is 8. The quantitative estimate of drug-likeness (QED) is 0.149. The second kappa shape index (κ2) is 23.4. The largest absolute Gasteiger partial charge is 0.208 e. The maximum Gasteiger partial charge on any atom is 0.162 e. The fourth-order valence-corrected chi connectivity index (χ4v) is 17.9. The van der Waals surface area contributed by atoms with Crippen molar-refractivity contribution < 1.29 is 0 Å². The van der Waals surface area contributed by atoms with Gasteiger partial charge in [0.2, 0.25) is 0 Å². The van der Waals surface area contributed by atoms with E-state index in [1.54, 1.807) is 0 Å². The first kappa shape index (κ1) is 66.1. The molecular weight excluding hydrogens is 1040 g/mol. The average Bonchev–Trinajstić information content (AvgIpc) is 1.47. The fourth-order valence-electron chi connectivity index (χ4n) is 16.3. The van der Waals surface area contributed by atoms with E-state index in [-0.39, 0.29) is 0 Å². The van der Waals surface area contributed by atoms with Crippen LogP contribution in [-0.2, 0) is 0 Å². The number of hydrogen-bond donors (Lipinski definition) is 0. The highest BCUT2D eigenvalue weighted by atomic mass is 32.1. The third-order valence-electron chi connectivity index (χ3n) is 24.3. The summed E-state index contributed by atoms with van der Waals surface area (Å²) in [4.78, 5) is 17.3. The molecule has 0 aliphatic heterocycles. The van der Waals surface area contributed by atoms with Crippen LogP contribution in [0.15, 0.2) is 0 Å². The third kappa shape index (κ3) is 9.42. The summed E-state index contributed by atoms with van der Waals surface area (Å²) in [6.45, 7) is 0. The van der Waals surface area contributed by atoms with Gasteiger partial charge in [-0.3, -0.25) is 0 Å². The normalized spacial score (nSPS) is 11.5. The second-order valence-electron chi connectivity index (χ2n) is 27.6. The summed E-state index contributed by atoms with van der Waals surface area (Å²) >= 11 is 2.03. The Labute approximate surface area is 560 Å². The second-order valence-corrected chi connectivity index (χ2v) is 28.6. The van der Waals surface area contributed by atoms with E-state index in [0.717, 1.165) is 34.2 Å². The lowest BCUT2D eigenvalue weighted by atomic mass is 9.56. The van der Waals surface area contributed by atoms with Gasteiger partial charge in [0, 0.05) is 26.1 Å². The number of aromatic nitrogens is 3. The molecule has 10 aromatic rings. The van der Waals surface area contributed by atoms with Gasteiger partial charge in [0.1, 0.15) is 259 Å². The van der Waals surface area contributed by atoms with Crippen LogP contribution in [0.1, 0.15) is 0 Å². The van der Waals surface area contributed by atoms with E-state index in [4.69, 9.17) is 15.0 Å². The Morgan fingerprint density at radius 3 is 0.591 bits per heavy atom. The number of nitrogens with zero attached hydrogens (tertiary/aromatic N) is 3. The van der Waals surface area contributed by atoms with Gasteiger partial charge in [-0.1, -0.05) is 104 Å². The van der Waals surface area contributed by atoms with Crippen molar-refractivity contribution in [1.82, 2.24) is 15.0 Å². The molecule has 88 heavy (non-hydrogen) atoms. The first-order valence-electron chi connectivity index (χ1n) is 32.2. The lowest BCUT2D eigenvalue weighted by molar-refractivity contribution is 1.08. The van der Waals surface area contributed by atoms with Gasteiger partial charge in [-0.25, -0.2) is 15.0 Å². The predicted molar refractivity (Wildman–Crippen MR) is 501 cm³/mol. The summed E-state index contributed by atoms with van der Waals surface area (Å²) in [5.41, 5.74) is 57.9. The van der Waals surface area contributed by atoms with Crippen molar-refractivity contribution in [1.29, 1.82) is 0 Å². The third-order valence-corrected chi connectivity index (χ3v) is 25.5. The van der Waals surface area contributed by atoms with Crippen molar-refractivity contribution in [2.45, 2.75) is 0 Å². The molecule has 2 aromatic heterocycles. The maximum absolute atomic E-state index is 5.83. The highest BCUT2D eigenvalue weighted by Crippen LogP contribution is 2.41. The maximum atomic E-state index is 5.83. The summed E-state index contributed by atoms with van der Waals surface area (Å²) < 4.78 is 2.74. The lowest BCUT2D eigenvalue weighted by Gasteiger charge is -2.28. The Kier molecular flexibility index (Phi) is 17.5. The van der Waals surface area contributed by atoms with Crippen LogP contribution in [0.5, 0.6) is 0 Å². The van der Waals surface area contributed by atoms with Crippen LogP contribution in [0.2, 0.25) is 0 Å². The molecular formula is C51H66B33N3S. The minimum Gasteiger partial charge on any atom is -0.208 e. The van der Waals surface area contributed by atoms with Gasteiger partial charge in [-0.15, -0.1) is 87.8 Å². The summed E-state index contributed by atoms with van der Waals surface area (Å²) in [6, 6.07) is 0. The monoisotopic (exact) mass is 1120 g/mol. The van der Waals surface area contributed by atoms with E-state index < -0.39 is 0 Å². The van der Waals surface area contributed by atoms with Gasteiger partial charge in [0.15, 0.2) is 17.5 Å². The molecule has 2 heterocycles. The van der Waals surface area contributed by atoms with E-state index in [9.17, 15) is 0 Å². The predicted octanol–water partition coefficient (Wildman–Crippen LogP) is -43.6. The SMILES string of the molecule is Bc1c(B)c(B)c(-c2nc(-c3c(B)c(B)c(-c4c(B)c(B)c(B)c(B)c4B)c(B)c3B)nc(-c3c(B)c(B)c(B)c(-c4c(B)c(B)c(B)c5c4sc4c(-c6c(B)c(B)c(B)c(B)c6B)c(B)c(-c6c(B)c(B)c(B)c(B)c6B)c(B)c45)c3B)n2)c(B)c1B. The molecule has 0 radical (unpaired) electrons. The number of thiophene rings is 1. The zero-order valence-electron chi connectivity index (χ0n) is 60.2. The number of rotatable bonds is 7. The molecule has 0 aliphatic carbocycles. The minimum atomic E-state index is 0.724. The van der Waals surface area contributed by atoms with Crippen molar-refractivity contribution >= 4 is 471 Å². The summed E-state index contributed by atoms with van der Waals surface area (Å²) in [5.74, 6) is 2.18. The van der Waals surface area contributed by atoms with Crippen LogP contribution >= 0.6 is 11.3 Å². The average molecular weight is 1110 g/mol. The van der Waals surface area contributed by atoms with Crippen LogP contribution in [-0.4, -0.2) is 274 Å². The van der Waals surface area contributed by atoms with Gasteiger partial charge in [0.25, 0.3) is 0 Å². The Morgan fingerprint density at radius 2 is 0.284 bits per heavy atom. The van der Waals surface area contributed by atoms with Crippen molar-refractivity contribution in [2.75, 3.05) is 0 Å². The zero-order valence-corrected chi connectivity index (χ0v) is 61.1. The topological polar surface area (TPSA) is 38.7 Å². The zero-order chi connectivity index (χ0) is 65.3. The molecule has 3 nitrogen and oxygen atoms in total. The van der Waals surface area contributed by atoms with E-state index in [2.05, 4.69) is 259 Å². The molecule has 0 N–H and O–H groups in total. The Morgan fingerprint density at radius 1 is 0.136 bits per heavy atom. The van der Waals surface area contributed by atoms with E-state index in [1.165, 1.54) is 245 Å². The first-order chi connectivity index (χ1) is 41.0. The van der Waals surface area contributed by atoms with Crippen molar-refractivity contribution in [2.24, 2.45) is 0 Å². The molecule has 0 saturated carbocycles. The molecule has 0 aliphatic rings. The molecule has 0 unspecified atom stereocenters. The van der Waals surface area contributed by atoms with Crippen LogP contribution < -0.4 is 180 Å². The van der Waals surface area contributed by atoms with E-state index in [0.29, 0.717) is 0 Å². The summed E-state index contributed by atoms with van der Waals surface area (Å²) in [7, 11) is 76.9. The van der Waals surface area contributed by atoms with Crippen LogP contribution in [0.4, 0.5) is 0 Å². The molecule has 8 aromatic carbocycles. The highest BCUT2D eigenvalue weighted by molar-refractivity contribution is 7.27. The first-order valence-corrected chi connectivity index (χ1v) is 33.1. The molecule has 0 atom stereocenters. The molecule has 10 rings (SSSR count). The lowest BCUT2D eigenvalue weighted by Crippen LogP contribution is -2.57. The summed E-state index contributed by atoms with van der Waals surface area (Å²) in [6.07, 6.45) is 0. The Balaban J connectivity index is 1.37. The fraction of sp³-hybridized carbons (Fsp3) is 0. The van der Waals surface area contributed by atoms with Gasteiger partial charge < -0.3 is 0 Å². The molecule has 390 valence electrons. The molecule has 0 bridgehead atoms. The van der Waals surface area contributed by atoms with Gasteiger partial charge >= 0.3 is 0 Å². The molecule has 0 amide bonds. The standard InChI is InChI=1S/C51H66B33N3S/c52-14-1(2-19(57)35(73)43(81)36(74)20(2)58)15(53)9-10-27(65)34(72)26(64)8(48(10)88-47(9)7(14)6-24(62)39(77)45(83)40(78)25(6)63)5-16(54)11(30(68)33(71)23(5)61)49-85-50(87-51(86-49)13-31(69)41(79)46(84)42(80)32(13)70)12-28(66)17(55)3(18(56)29(12)67)4-21(59)37(75)44(82)38(76)22(4)60/h52-84H2. The van der Waals surface area contributed by atoms with Crippen LogP contribution in [0.3, 0.4) is 0 Å². The van der Waals surface area contributed by atoms with Crippen LogP contribution in [0.25, 0.3) is 98.8 Å². The Bertz CT molecular complexity index is 4760. The van der Waals surface area contributed by atoms with E-state index in [1.807, 2.05) is 11.3 Å². The molecule has 0 fully saturated rings. The molecule has 37 heteroatoms. The van der Waals surface area contributed by atoms with Crippen LogP contribution in [0, 0.1) is 0 Å². The van der Waals surface area contributed by atoms with Crippen molar-refractivity contribution in [3.8, 4) is 78.7 Å². The number of hydrogen-bond acceptors (Lipinski definition) is 4. The smallest absolute Gasteiger partial charge is 0.162 e. The minimum absolute atomic E-state index is 0.724. The Hall–Kier alpha value is -4.87. The van der Waals surface area contributed by atoms with Gasteiger partial charge in [-0.2, -0.15) is 0 Å². The molecule has 0 spiro atoms. The van der Waals surface area contributed by atoms with Crippen molar-refractivity contribution in [3.05, 3.63) is 0 Å². The van der Waals surface area contributed by atoms with Gasteiger partial charge in [-0.05, 0) is 55.3 Å². The van der Waals surface area contributed by atoms with E-state index >= 15 is 0 Å². The van der Waals surface area contributed by atoms with Crippen molar-refractivity contribution in [3.63, 3.8) is 0 Å². The highest BCUT2D eigenvalue weighted by Gasteiger charge is 2.32. The van der Waals surface area contributed by atoms with Gasteiger partial charge in [0.05, 0.1) is 0 Å². The summed E-state index contributed by atoms with van der Waals surface area (Å²) in [5, 5.41) is 2.77.